The molecule has 1 fully saturated rings. The number of aromatic nitrogens is 2. The highest BCUT2D eigenvalue weighted by atomic mass is 16.5. The number of hydrogen-bond acceptors (Lipinski definition) is 7. The van der Waals surface area contributed by atoms with Gasteiger partial charge in [-0.05, 0) is 42.7 Å². The van der Waals surface area contributed by atoms with Crippen LogP contribution in [-0.4, -0.2) is 42.4 Å². The van der Waals surface area contributed by atoms with Crippen molar-refractivity contribution in [3.8, 4) is 11.5 Å². The van der Waals surface area contributed by atoms with Gasteiger partial charge < -0.3 is 23.9 Å². The Bertz CT molecular complexity index is 1190. The zero-order valence-corrected chi connectivity index (χ0v) is 17.0. The number of furan rings is 1. The highest BCUT2D eigenvalue weighted by molar-refractivity contribution is 6.05. The van der Waals surface area contributed by atoms with Crippen LogP contribution in [0.1, 0.15) is 18.4 Å². The second-order valence-corrected chi connectivity index (χ2v) is 7.59. The Morgan fingerprint density at radius 2 is 1.70 bits per heavy atom. The maximum absolute atomic E-state index is 11.4. The average Bonchev–Trinajstić information content (AvgIpc) is 3.18. The largest absolute Gasteiger partial charge is 0.497 e. The third-order valence-electron chi connectivity index (χ3n) is 5.92. The summed E-state index contributed by atoms with van der Waals surface area (Å²) in [6.07, 6.45) is 2.68. The Kier molecular flexibility index (Phi) is 4.47. The first-order valence-corrected chi connectivity index (χ1v) is 9.94. The summed E-state index contributed by atoms with van der Waals surface area (Å²) in [6, 6.07) is 13.4. The van der Waals surface area contributed by atoms with Crippen LogP contribution in [0, 0.1) is 0 Å². The van der Waals surface area contributed by atoms with Crippen LogP contribution >= 0.6 is 0 Å². The van der Waals surface area contributed by atoms with Crippen LogP contribution < -0.4 is 14.4 Å². The maximum atomic E-state index is 11.4. The zero-order valence-electron chi connectivity index (χ0n) is 17.0. The Balaban J connectivity index is 1.45. The van der Waals surface area contributed by atoms with Gasteiger partial charge in [-0.25, -0.2) is 9.97 Å². The molecule has 0 saturated carbocycles. The van der Waals surface area contributed by atoms with E-state index in [1.54, 1.807) is 26.6 Å². The molecule has 7 nitrogen and oxygen atoms in total. The lowest BCUT2D eigenvalue weighted by atomic mass is 9.84. The molecule has 30 heavy (non-hydrogen) atoms. The highest BCUT2D eigenvalue weighted by Crippen LogP contribution is 2.39. The van der Waals surface area contributed by atoms with Crippen molar-refractivity contribution in [2.45, 2.75) is 18.4 Å². The number of hydrogen-bond donors (Lipinski definition) is 1. The molecular weight excluding hydrogens is 382 g/mol. The van der Waals surface area contributed by atoms with Crippen LogP contribution in [0.2, 0.25) is 0 Å². The second-order valence-electron chi connectivity index (χ2n) is 7.59. The van der Waals surface area contributed by atoms with Gasteiger partial charge in [0, 0.05) is 24.5 Å². The van der Waals surface area contributed by atoms with E-state index in [4.69, 9.17) is 13.9 Å². The average molecular weight is 405 g/mol. The molecule has 0 radical (unpaired) electrons. The Morgan fingerprint density at radius 1 is 1.00 bits per heavy atom. The molecule has 7 heteroatoms. The van der Waals surface area contributed by atoms with Crippen LogP contribution in [-0.2, 0) is 5.60 Å². The number of para-hydroxylation sites is 1. The van der Waals surface area contributed by atoms with Crippen molar-refractivity contribution in [1.29, 1.82) is 0 Å². The fourth-order valence-corrected chi connectivity index (χ4v) is 4.19. The number of anilines is 1. The van der Waals surface area contributed by atoms with Crippen molar-refractivity contribution >= 4 is 27.9 Å². The van der Waals surface area contributed by atoms with E-state index < -0.39 is 5.60 Å². The fourth-order valence-electron chi connectivity index (χ4n) is 4.19. The van der Waals surface area contributed by atoms with Crippen molar-refractivity contribution < 1.29 is 19.0 Å². The van der Waals surface area contributed by atoms with Crippen LogP contribution in [0.4, 0.5) is 5.82 Å². The summed E-state index contributed by atoms with van der Waals surface area (Å²) >= 11 is 0. The third kappa shape index (κ3) is 3.02. The smallest absolute Gasteiger partial charge is 0.196 e. The van der Waals surface area contributed by atoms with E-state index >= 15 is 0 Å². The molecule has 154 valence electrons. The van der Waals surface area contributed by atoms with Gasteiger partial charge >= 0.3 is 0 Å². The van der Waals surface area contributed by atoms with Gasteiger partial charge in [0.05, 0.1) is 19.8 Å². The molecule has 0 aliphatic carbocycles. The van der Waals surface area contributed by atoms with E-state index in [0.717, 1.165) is 27.9 Å². The van der Waals surface area contributed by atoms with Crippen LogP contribution in [0.25, 0.3) is 22.1 Å². The molecule has 0 spiro atoms. The molecule has 5 rings (SSSR count). The Labute approximate surface area is 173 Å². The monoisotopic (exact) mass is 405 g/mol. The first-order chi connectivity index (χ1) is 14.6. The summed E-state index contributed by atoms with van der Waals surface area (Å²) in [7, 11) is 3.22. The normalized spacial score (nSPS) is 16.2. The zero-order chi connectivity index (χ0) is 20.7. The fraction of sp³-hybridized carbons (Fsp3) is 0.304. The number of aliphatic hydroxyl groups is 1. The lowest BCUT2D eigenvalue weighted by Crippen LogP contribution is -2.43. The van der Waals surface area contributed by atoms with E-state index in [1.807, 2.05) is 36.4 Å². The van der Waals surface area contributed by atoms with E-state index in [2.05, 4.69) is 14.9 Å². The van der Waals surface area contributed by atoms with Gasteiger partial charge in [0.1, 0.15) is 28.9 Å². The summed E-state index contributed by atoms with van der Waals surface area (Å²) in [6.45, 7) is 1.28. The summed E-state index contributed by atoms with van der Waals surface area (Å²) in [5.41, 5.74) is 2.14. The number of nitrogens with zero attached hydrogens (tertiary/aromatic N) is 3. The minimum atomic E-state index is -0.960. The Hall–Kier alpha value is -3.32. The van der Waals surface area contributed by atoms with Gasteiger partial charge in [-0.2, -0.15) is 0 Å². The molecule has 1 aliphatic heterocycles. The highest BCUT2D eigenvalue weighted by Gasteiger charge is 2.36. The SMILES string of the molecule is COc1cc(OC)cc(C2(O)CCN(c3ncnc4c3oc3ccccc34)CC2)c1. The van der Waals surface area contributed by atoms with Crippen molar-refractivity contribution in [1.82, 2.24) is 9.97 Å². The minimum Gasteiger partial charge on any atom is -0.497 e. The van der Waals surface area contributed by atoms with E-state index in [1.165, 1.54) is 0 Å². The van der Waals surface area contributed by atoms with Crippen LogP contribution in [0.15, 0.2) is 53.2 Å². The van der Waals surface area contributed by atoms with Gasteiger partial charge in [0.15, 0.2) is 11.4 Å². The predicted octanol–water partition coefficient (Wildman–Crippen LogP) is 3.88. The number of methoxy groups -OCH3 is 2. The number of piperidine rings is 1. The molecule has 0 atom stereocenters. The van der Waals surface area contributed by atoms with Gasteiger partial charge in [0.2, 0.25) is 0 Å². The van der Waals surface area contributed by atoms with Crippen LogP contribution in [0.5, 0.6) is 11.5 Å². The number of rotatable bonds is 4. The van der Waals surface area contributed by atoms with Gasteiger partial charge in [-0.1, -0.05) is 12.1 Å². The molecule has 2 aromatic heterocycles. The molecule has 3 heterocycles. The molecule has 0 unspecified atom stereocenters. The van der Waals surface area contributed by atoms with Crippen molar-refractivity contribution in [3.63, 3.8) is 0 Å². The van der Waals surface area contributed by atoms with Crippen molar-refractivity contribution in [2.75, 3.05) is 32.2 Å². The standard InChI is InChI=1S/C23H23N3O4/c1-28-16-11-15(12-17(13-16)29-2)23(27)7-9-26(10-8-23)22-21-20(24-14-25-22)18-5-3-4-6-19(18)30-21/h3-6,11-14,27H,7-10H2,1-2H3. The number of ether oxygens (including phenoxy) is 2. The topological polar surface area (TPSA) is 80.9 Å². The minimum absolute atomic E-state index is 0.551. The van der Waals surface area contributed by atoms with Gasteiger partial charge in [-0.15, -0.1) is 0 Å². The molecule has 1 N–H and O–H groups in total. The molecular formula is C23H23N3O4. The van der Waals surface area contributed by atoms with E-state index in [-0.39, 0.29) is 0 Å². The lowest BCUT2D eigenvalue weighted by molar-refractivity contribution is 0.0113. The van der Waals surface area contributed by atoms with Gasteiger partial charge in [0.25, 0.3) is 0 Å². The first-order valence-electron chi connectivity index (χ1n) is 9.94. The Morgan fingerprint density at radius 3 is 2.40 bits per heavy atom. The summed E-state index contributed by atoms with van der Waals surface area (Å²) in [5.74, 6) is 2.10. The van der Waals surface area contributed by atoms with E-state index in [0.29, 0.717) is 43.0 Å². The van der Waals surface area contributed by atoms with E-state index in [9.17, 15) is 5.11 Å². The number of fused-ring (bicyclic) bond motifs is 3. The summed E-state index contributed by atoms with van der Waals surface area (Å²) < 4.78 is 16.8. The predicted molar refractivity (Wildman–Crippen MR) is 114 cm³/mol. The van der Waals surface area contributed by atoms with Gasteiger partial charge in [-0.3, -0.25) is 0 Å². The molecule has 1 aliphatic rings. The quantitative estimate of drug-likeness (QED) is 0.552. The molecule has 4 aromatic rings. The molecule has 0 amide bonds. The molecule has 1 saturated heterocycles. The van der Waals surface area contributed by atoms with Crippen LogP contribution in [0.3, 0.4) is 0 Å². The van der Waals surface area contributed by atoms with Crippen molar-refractivity contribution in [2.24, 2.45) is 0 Å². The van der Waals surface area contributed by atoms with Crippen molar-refractivity contribution in [3.05, 3.63) is 54.4 Å². The summed E-state index contributed by atoms with van der Waals surface area (Å²) in [4.78, 5) is 11.1. The summed E-state index contributed by atoms with van der Waals surface area (Å²) in [5, 5.41) is 12.4. The molecule has 2 aromatic carbocycles. The second kappa shape index (κ2) is 7.18. The number of benzene rings is 2. The third-order valence-corrected chi connectivity index (χ3v) is 5.92. The maximum Gasteiger partial charge on any atom is 0.196 e. The lowest BCUT2D eigenvalue weighted by Gasteiger charge is -2.39. The first kappa shape index (κ1) is 18.7. The molecule has 0 bridgehead atoms.